The van der Waals surface area contributed by atoms with Crippen LogP contribution in [0.1, 0.15) is 28.2 Å². The molecule has 4 rings (SSSR count). The van der Waals surface area contributed by atoms with E-state index in [4.69, 9.17) is 4.74 Å². The maximum absolute atomic E-state index is 6.08. The molecule has 0 N–H and O–H groups in total. The number of allylic oxidation sites excluding steroid dienone is 1. The van der Waals surface area contributed by atoms with E-state index in [1.54, 1.807) is 0 Å². The van der Waals surface area contributed by atoms with Crippen LogP contribution in [0.5, 0.6) is 5.75 Å². The molecular formula is C22H17IO. The van der Waals surface area contributed by atoms with Gasteiger partial charge in [-0.25, -0.2) is 0 Å². The predicted molar refractivity (Wildman–Crippen MR) is 107 cm³/mol. The van der Waals surface area contributed by atoms with E-state index in [0.29, 0.717) is 12.5 Å². The van der Waals surface area contributed by atoms with E-state index in [2.05, 4.69) is 89.3 Å². The Bertz CT molecular complexity index is 883. The molecule has 0 spiro atoms. The van der Waals surface area contributed by atoms with E-state index >= 15 is 0 Å². The van der Waals surface area contributed by atoms with Crippen LogP contribution in [0.2, 0.25) is 0 Å². The number of hydrogen-bond acceptors (Lipinski definition) is 1. The number of halogens is 1. The van der Waals surface area contributed by atoms with Gasteiger partial charge in [0.2, 0.25) is 0 Å². The quantitative estimate of drug-likeness (QED) is 0.465. The minimum Gasteiger partial charge on any atom is -0.488 e. The third kappa shape index (κ3) is 2.98. The van der Waals surface area contributed by atoms with Gasteiger partial charge in [-0.3, -0.25) is 0 Å². The summed E-state index contributed by atoms with van der Waals surface area (Å²) in [5, 5.41) is 0. The van der Waals surface area contributed by atoms with Gasteiger partial charge in [-0.2, -0.15) is 0 Å². The molecule has 0 saturated carbocycles. The van der Waals surface area contributed by atoms with Gasteiger partial charge < -0.3 is 4.74 Å². The third-order valence-corrected chi connectivity index (χ3v) is 5.52. The fourth-order valence-corrected chi connectivity index (χ4v) is 3.99. The highest BCUT2D eigenvalue weighted by Crippen LogP contribution is 2.39. The number of hydrogen-bond donors (Lipinski definition) is 0. The molecule has 0 radical (unpaired) electrons. The molecule has 0 bridgehead atoms. The Morgan fingerprint density at radius 1 is 0.792 bits per heavy atom. The van der Waals surface area contributed by atoms with Crippen molar-refractivity contribution in [3.05, 3.63) is 105 Å². The zero-order chi connectivity index (χ0) is 16.4. The summed E-state index contributed by atoms with van der Waals surface area (Å²) >= 11 is 2.41. The first-order valence-electron chi connectivity index (χ1n) is 8.05. The molecule has 2 heteroatoms. The molecule has 0 amide bonds. The number of fused-ring (bicyclic) bond motifs is 1. The Kier molecular flexibility index (Phi) is 4.39. The molecule has 24 heavy (non-hydrogen) atoms. The number of ether oxygens (including phenoxy) is 1. The lowest BCUT2D eigenvalue weighted by Crippen LogP contribution is -2.02. The normalized spacial score (nSPS) is 15.3. The molecule has 0 fully saturated rings. The van der Waals surface area contributed by atoms with Crippen LogP contribution in [0.15, 0.2) is 78.9 Å². The summed E-state index contributed by atoms with van der Waals surface area (Å²) in [5.41, 5.74) is 5.18. The second-order valence-corrected chi connectivity index (χ2v) is 6.98. The molecule has 0 aliphatic heterocycles. The molecule has 1 aliphatic rings. The summed E-state index contributed by atoms with van der Waals surface area (Å²) in [6, 6.07) is 25.2. The van der Waals surface area contributed by atoms with E-state index in [0.717, 1.165) is 5.75 Å². The summed E-state index contributed by atoms with van der Waals surface area (Å²) in [4.78, 5) is 0. The standard InChI is InChI=1S/C22H17IO/c23-22-20(19-14-13-17-9-4-5-10-18(17)19)11-6-12-21(22)24-15-16-7-2-1-3-8-16/h1-14,19H,15H2. The average Bonchev–Trinajstić information content (AvgIpc) is 3.06. The van der Waals surface area contributed by atoms with Crippen LogP contribution in [0.4, 0.5) is 0 Å². The molecule has 1 aliphatic carbocycles. The monoisotopic (exact) mass is 424 g/mol. The van der Waals surface area contributed by atoms with Gasteiger partial charge in [-0.15, -0.1) is 0 Å². The van der Waals surface area contributed by atoms with Crippen molar-refractivity contribution in [2.24, 2.45) is 0 Å². The lowest BCUT2D eigenvalue weighted by molar-refractivity contribution is 0.303. The molecule has 1 unspecified atom stereocenters. The topological polar surface area (TPSA) is 9.23 Å². The van der Waals surface area contributed by atoms with Crippen molar-refractivity contribution >= 4 is 28.7 Å². The highest BCUT2D eigenvalue weighted by molar-refractivity contribution is 14.1. The van der Waals surface area contributed by atoms with E-state index in [1.165, 1.54) is 25.8 Å². The lowest BCUT2D eigenvalue weighted by Gasteiger charge is -2.16. The predicted octanol–water partition coefficient (Wildman–Crippen LogP) is 6.03. The first-order valence-corrected chi connectivity index (χ1v) is 9.13. The van der Waals surface area contributed by atoms with Crippen LogP contribution >= 0.6 is 22.6 Å². The van der Waals surface area contributed by atoms with E-state index < -0.39 is 0 Å². The Morgan fingerprint density at radius 3 is 2.42 bits per heavy atom. The molecule has 0 heterocycles. The van der Waals surface area contributed by atoms with E-state index in [9.17, 15) is 0 Å². The van der Waals surface area contributed by atoms with Crippen molar-refractivity contribution in [2.75, 3.05) is 0 Å². The van der Waals surface area contributed by atoms with E-state index in [-0.39, 0.29) is 0 Å². The van der Waals surface area contributed by atoms with Gasteiger partial charge >= 0.3 is 0 Å². The minimum atomic E-state index is 0.313. The van der Waals surface area contributed by atoms with Crippen molar-refractivity contribution in [3.8, 4) is 5.75 Å². The molecule has 0 saturated heterocycles. The average molecular weight is 424 g/mol. The number of benzene rings is 3. The Balaban J connectivity index is 1.61. The van der Waals surface area contributed by atoms with Crippen molar-refractivity contribution in [1.29, 1.82) is 0 Å². The molecule has 118 valence electrons. The van der Waals surface area contributed by atoms with Crippen LogP contribution in [-0.4, -0.2) is 0 Å². The van der Waals surface area contributed by atoms with Gasteiger partial charge in [0.1, 0.15) is 12.4 Å². The van der Waals surface area contributed by atoms with Gasteiger partial charge in [0.25, 0.3) is 0 Å². The van der Waals surface area contributed by atoms with Crippen LogP contribution in [-0.2, 0) is 6.61 Å². The van der Waals surface area contributed by atoms with Gasteiger partial charge in [0.05, 0.1) is 3.57 Å². The van der Waals surface area contributed by atoms with Gasteiger partial charge in [0, 0.05) is 5.92 Å². The molecule has 0 aromatic heterocycles. The zero-order valence-corrected chi connectivity index (χ0v) is 15.3. The SMILES string of the molecule is Ic1c(OCc2ccccc2)cccc1C1C=Cc2ccccc21. The highest BCUT2D eigenvalue weighted by Gasteiger charge is 2.21. The molecule has 1 atom stereocenters. The maximum Gasteiger partial charge on any atom is 0.133 e. The number of rotatable bonds is 4. The lowest BCUT2D eigenvalue weighted by atomic mass is 9.93. The molecule has 3 aromatic carbocycles. The molecule has 3 aromatic rings. The van der Waals surface area contributed by atoms with Gasteiger partial charge in [0.15, 0.2) is 0 Å². The van der Waals surface area contributed by atoms with Gasteiger partial charge in [-0.1, -0.05) is 78.9 Å². The van der Waals surface area contributed by atoms with Gasteiger partial charge in [-0.05, 0) is 50.9 Å². The van der Waals surface area contributed by atoms with Crippen LogP contribution in [0.3, 0.4) is 0 Å². The second-order valence-electron chi connectivity index (χ2n) is 5.90. The third-order valence-electron chi connectivity index (χ3n) is 4.36. The fraction of sp³-hybridized carbons (Fsp3) is 0.0909. The fourth-order valence-electron chi connectivity index (χ4n) is 3.14. The van der Waals surface area contributed by atoms with Crippen molar-refractivity contribution in [3.63, 3.8) is 0 Å². The Labute approximate surface area is 156 Å². The van der Waals surface area contributed by atoms with Crippen molar-refractivity contribution < 1.29 is 4.74 Å². The Hall–Kier alpha value is -2.07. The zero-order valence-electron chi connectivity index (χ0n) is 13.2. The first-order chi connectivity index (χ1) is 11.8. The van der Waals surface area contributed by atoms with Crippen molar-refractivity contribution in [1.82, 2.24) is 0 Å². The van der Waals surface area contributed by atoms with Crippen LogP contribution < -0.4 is 4.74 Å². The summed E-state index contributed by atoms with van der Waals surface area (Å²) < 4.78 is 7.27. The Morgan fingerprint density at radius 2 is 1.54 bits per heavy atom. The summed E-state index contributed by atoms with van der Waals surface area (Å²) in [5.74, 6) is 1.27. The second kappa shape index (κ2) is 6.81. The molecule has 1 nitrogen and oxygen atoms in total. The summed E-state index contributed by atoms with van der Waals surface area (Å²) in [7, 11) is 0. The summed E-state index contributed by atoms with van der Waals surface area (Å²) in [6.07, 6.45) is 4.50. The smallest absolute Gasteiger partial charge is 0.133 e. The van der Waals surface area contributed by atoms with Crippen LogP contribution in [0, 0.1) is 3.57 Å². The minimum absolute atomic E-state index is 0.313. The summed E-state index contributed by atoms with van der Waals surface area (Å²) in [6.45, 7) is 0.595. The van der Waals surface area contributed by atoms with Crippen molar-refractivity contribution in [2.45, 2.75) is 12.5 Å². The van der Waals surface area contributed by atoms with Crippen LogP contribution in [0.25, 0.3) is 6.08 Å². The largest absolute Gasteiger partial charge is 0.488 e. The highest BCUT2D eigenvalue weighted by atomic mass is 127. The van der Waals surface area contributed by atoms with E-state index in [1.807, 2.05) is 18.2 Å². The first kappa shape index (κ1) is 15.5. The molecular weight excluding hydrogens is 407 g/mol. The maximum atomic E-state index is 6.08.